The standard InChI is InChI=1S/C23H23BrN4O/c24-23-10-15-7-16(11-23)9-22(8-15,13-23)21(29)27-17-5-6-20(25-12-17)28-14-26-18-3-1-2-4-19(18)28/h1-6,12,14-16H,7-11,13H2,(H,27,29). The number of halogens is 1. The second-order valence-corrected chi connectivity index (χ2v) is 11.0. The Bertz CT molecular complexity index is 1090. The predicted molar refractivity (Wildman–Crippen MR) is 116 cm³/mol. The quantitative estimate of drug-likeness (QED) is 0.565. The van der Waals surface area contributed by atoms with Crippen LogP contribution in [0, 0.1) is 17.3 Å². The lowest BCUT2D eigenvalue weighted by Gasteiger charge is -2.59. The van der Waals surface area contributed by atoms with Crippen molar-refractivity contribution in [3.05, 3.63) is 48.9 Å². The number of para-hydroxylation sites is 2. The smallest absolute Gasteiger partial charge is 0.230 e. The molecule has 0 saturated heterocycles. The van der Waals surface area contributed by atoms with E-state index in [0.717, 1.165) is 41.8 Å². The van der Waals surface area contributed by atoms with Crippen molar-refractivity contribution >= 4 is 38.6 Å². The van der Waals surface area contributed by atoms with Crippen molar-refractivity contribution in [3.63, 3.8) is 0 Å². The summed E-state index contributed by atoms with van der Waals surface area (Å²) in [5.74, 6) is 2.36. The molecule has 3 aromatic rings. The average molecular weight is 451 g/mol. The van der Waals surface area contributed by atoms with Crippen LogP contribution in [0.25, 0.3) is 16.9 Å². The van der Waals surface area contributed by atoms with Gasteiger partial charge in [0.2, 0.25) is 5.91 Å². The molecular formula is C23H23BrN4O. The molecular weight excluding hydrogens is 428 g/mol. The van der Waals surface area contributed by atoms with Crippen LogP contribution in [0.5, 0.6) is 0 Å². The fourth-order valence-corrected chi connectivity index (χ4v) is 7.88. The molecule has 2 aromatic heterocycles. The second-order valence-electron chi connectivity index (χ2n) is 9.35. The zero-order valence-corrected chi connectivity index (χ0v) is 17.7. The van der Waals surface area contributed by atoms with Gasteiger partial charge in [-0.25, -0.2) is 9.97 Å². The van der Waals surface area contributed by atoms with Crippen molar-refractivity contribution in [2.24, 2.45) is 17.3 Å². The lowest BCUT2D eigenvalue weighted by atomic mass is 9.49. The van der Waals surface area contributed by atoms with Crippen LogP contribution in [-0.4, -0.2) is 24.8 Å². The van der Waals surface area contributed by atoms with E-state index in [2.05, 4.69) is 31.2 Å². The molecule has 2 atom stereocenters. The summed E-state index contributed by atoms with van der Waals surface area (Å²) in [4.78, 5) is 22.3. The van der Waals surface area contributed by atoms with Gasteiger partial charge in [0.15, 0.2) is 0 Å². The molecule has 1 aromatic carbocycles. The summed E-state index contributed by atoms with van der Waals surface area (Å²) >= 11 is 4.00. The van der Waals surface area contributed by atoms with Gasteiger partial charge in [-0.1, -0.05) is 28.1 Å². The van der Waals surface area contributed by atoms with Gasteiger partial charge in [0.05, 0.1) is 28.3 Å². The molecule has 2 heterocycles. The van der Waals surface area contributed by atoms with E-state index in [-0.39, 0.29) is 15.6 Å². The van der Waals surface area contributed by atoms with E-state index in [1.165, 1.54) is 19.3 Å². The Morgan fingerprint density at radius 2 is 1.86 bits per heavy atom. The molecule has 148 valence electrons. The number of alkyl halides is 1. The highest BCUT2D eigenvalue weighted by molar-refractivity contribution is 9.10. The molecule has 0 spiro atoms. The SMILES string of the molecule is O=C(Nc1ccc(-n2cnc3ccccc32)nc1)C12CC3CC(CC(Br)(C3)C1)C2. The second kappa shape index (κ2) is 6.14. The molecule has 1 N–H and O–H groups in total. The highest BCUT2D eigenvalue weighted by Gasteiger charge is 2.59. The largest absolute Gasteiger partial charge is 0.324 e. The topological polar surface area (TPSA) is 59.8 Å². The summed E-state index contributed by atoms with van der Waals surface area (Å²) in [6.07, 6.45) is 10.3. The monoisotopic (exact) mass is 450 g/mol. The van der Waals surface area contributed by atoms with Gasteiger partial charge in [-0.2, -0.15) is 0 Å². The van der Waals surface area contributed by atoms with Crippen LogP contribution in [0.4, 0.5) is 5.69 Å². The van der Waals surface area contributed by atoms with Crippen LogP contribution in [0.3, 0.4) is 0 Å². The van der Waals surface area contributed by atoms with Gasteiger partial charge >= 0.3 is 0 Å². The van der Waals surface area contributed by atoms with Crippen molar-refractivity contribution < 1.29 is 4.79 Å². The fraction of sp³-hybridized carbons (Fsp3) is 0.435. The molecule has 0 radical (unpaired) electrons. The number of nitrogens with zero attached hydrogens (tertiary/aromatic N) is 3. The molecule has 4 bridgehead atoms. The number of benzene rings is 1. The summed E-state index contributed by atoms with van der Waals surface area (Å²) in [7, 11) is 0. The third-order valence-electron chi connectivity index (χ3n) is 7.18. The lowest BCUT2D eigenvalue weighted by Crippen LogP contribution is -2.57. The zero-order chi connectivity index (χ0) is 19.6. The van der Waals surface area contributed by atoms with Crippen LogP contribution in [0.15, 0.2) is 48.9 Å². The Hall–Kier alpha value is -2.21. The van der Waals surface area contributed by atoms with Crippen molar-refractivity contribution in [2.75, 3.05) is 5.32 Å². The molecule has 4 fully saturated rings. The minimum absolute atomic E-state index is 0.179. The Morgan fingerprint density at radius 3 is 2.59 bits per heavy atom. The van der Waals surface area contributed by atoms with Crippen LogP contribution in [-0.2, 0) is 4.79 Å². The van der Waals surface area contributed by atoms with Gasteiger partial charge in [-0.15, -0.1) is 0 Å². The average Bonchev–Trinajstić information content (AvgIpc) is 3.11. The number of hydrogen-bond donors (Lipinski definition) is 1. The first-order valence-corrected chi connectivity index (χ1v) is 11.2. The third-order valence-corrected chi connectivity index (χ3v) is 8.11. The summed E-state index contributed by atoms with van der Waals surface area (Å²) in [6, 6.07) is 11.9. The number of carbonyl (C=O) groups is 1. The maximum Gasteiger partial charge on any atom is 0.230 e. The minimum atomic E-state index is -0.215. The van der Waals surface area contributed by atoms with Crippen molar-refractivity contribution in [1.82, 2.24) is 14.5 Å². The summed E-state index contributed by atoms with van der Waals surface area (Å²) in [5, 5.41) is 3.18. The molecule has 0 aliphatic heterocycles. The van der Waals surface area contributed by atoms with E-state index in [9.17, 15) is 4.79 Å². The molecule has 4 saturated carbocycles. The number of pyridine rings is 1. The van der Waals surface area contributed by atoms with Crippen molar-refractivity contribution in [2.45, 2.75) is 42.8 Å². The maximum atomic E-state index is 13.3. The zero-order valence-electron chi connectivity index (χ0n) is 16.1. The molecule has 2 unspecified atom stereocenters. The number of anilines is 1. The molecule has 5 nitrogen and oxygen atoms in total. The van der Waals surface area contributed by atoms with Crippen molar-refractivity contribution in [3.8, 4) is 5.82 Å². The van der Waals surface area contributed by atoms with Gasteiger partial charge in [-0.3, -0.25) is 9.36 Å². The maximum absolute atomic E-state index is 13.3. The minimum Gasteiger partial charge on any atom is -0.324 e. The highest BCUT2D eigenvalue weighted by atomic mass is 79.9. The number of nitrogens with one attached hydrogen (secondary N) is 1. The number of aromatic nitrogens is 3. The number of carbonyl (C=O) groups excluding carboxylic acids is 1. The van der Waals surface area contributed by atoms with Gasteiger partial charge < -0.3 is 5.32 Å². The first-order valence-electron chi connectivity index (χ1n) is 10.4. The van der Waals surface area contributed by atoms with E-state index in [4.69, 9.17) is 0 Å². The molecule has 6 heteroatoms. The van der Waals surface area contributed by atoms with Gasteiger partial charge in [0.1, 0.15) is 12.1 Å². The van der Waals surface area contributed by atoms with E-state index in [0.29, 0.717) is 11.8 Å². The summed E-state index contributed by atoms with van der Waals surface area (Å²) in [5.41, 5.74) is 2.51. The highest BCUT2D eigenvalue weighted by Crippen LogP contribution is 2.64. The van der Waals surface area contributed by atoms with Crippen LogP contribution >= 0.6 is 15.9 Å². The van der Waals surface area contributed by atoms with Gasteiger partial charge in [-0.05, 0) is 74.6 Å². The van der Waals surface area contributed by atoms with E-state index >= 15 is 0 Å². The van der Waals surface area contributed by atoms with E-state index in [1.807, 2.05) is 41.0 Å². The fourth-order valence-electron chi connectivity index (χ4n) is 6.42. The molecule has 7 rings (SSSR count). The molecule has 4 aliphatic rings. The van der Waals surface area contributed by atoms with Gasteiger partial charge in [0, 0.05) is 4.32 Å². The Morgan fingerprint density at radius 1 is 1.07 bits per heavy atom. The Balaban J connectivity index is 1.24. The van der Waals surface area contributed by atoms with E-state index in [1.54, 1.807) is 12.5 Å². The number of amides is 1. The lowest BCUT2D eigenvalue weighted by molar-refractivity contribution is -0.138. The Kier molecular flexibility index (Phi) is 3.74. The van der Waals surface area contributed by atoms with Crippen molar-refractivity contribution in [1.29, 1.82) is 0 Å². The number of hydrogen-bond acceptors (Lipinski definition) is 3. The van der Waals surface area contributed by atoms with Gasteiger partial charge in [0.25, 0.3) is 0 Å². The molecule has 29 heavy (non-hydrogen) atoms. The number of imidazole rings is 1. The Labute approximate surface area is 178 Å². The first-order chi connectivity index (χ1) is 14.0. The summed E-state index contributed by atoms with van der Waals surface area (Å²) in [6.45, 7) is 0. The normalized spacial score (nSPS) is 32.6. The van der Waals surface area contributed by atoms with Crippen LogP contribution in [0.2, 0.25) is 0 Å². The molecule has 4 aliphatic carbocycles. The number of rotatable bonds is 3. The van der Waals surface area contributed by atoms with Crippen LogP contribution < -0.4 is 5.32 Å². The van der Waals surface area contributed by atoms with E-state index < -0.39 is 0 Å². The summed E-state index contributed by atoms with van der Waals surface area (Å²) < 4.78 is 2.15. The molecule has 1 amide bonds. The third kappa shape index (κ3) is 2.83. The number of fused-ring (bicyclic) bond motifs is 1. The first kappa shape index (κ1) is 17.6. The predicted octanol–water partition coefficient (Wildman–Crippen LogP) is 5.09. The van der Waals surface area contributed by atoms with Crippen LogP contribution in [0.1, 0.15) is 38.5 Å².